The average Bonchev–Trinajstić information content (AvgIpc) is 2.40. The Kier molecular flexibility index (Phi) is 3.67. The Balaban J connectivity index is 2.23. The van der Waals surface area contributed by atoms with E-state index in [1.54, 1.807) is 6.20 Å². The van der Waals surface area contributed by atoms with Crippen molar-refractivity contribution in [1.29, 1.82) is 0 Å². The van der Waals surface area contributed by atoms with Crippen LogP contribution in [-0.2, 0) is 0 Å². The van der Waals surface area contributed by atoms with Crippen molar-refractivity contribution in [2.24, 2.45) is 0 Å². The van der Waals surface area contributed by atoms with Crippen LogP contribution in [0.4, 0.5) is 5.95 Å². The summed E-state index contributed by atoms with van der Waals surface area (Å²) < 4.78 is 0. The van der Waals surface area contributed by atoms with Gasteiger partial charge < -0.3 is 10.4 Å². The molecule has 0 saturated heterocycles. The van der Waals surface area contributed by atoms with Crippen LogP contribution < -0.4 is 5.32 Å². The predicted octanol–water partition coefficient (Wildman–Crippen LogP) is 1.94. The first-order chi connectivity index (χ1) is 8.29. The zero-order chi connectivity index (χ0) is 12.1. The van der Waals surface area contributed by atoms with Gasteiger partial charge in [0.1, 0.15) is 0 Å². The molecule has 4 heteroatoms. The summed E-state index contributed by atoms with van der Waals surface area (Å²) in [5, 5.41) is 12.0. The average molecular weight is 229 g/mol. The monoisotopic (exact) mass is 229 g/mol. The third-order valence-corrected chi connectivity index (χ3v) is 2.37. The van der Waals surface area contributed by atoms with Gasteiger partial charge in [0.05, 0.1) is 12.3 Å². The number of aliphatic hydroxyl groups excluding tert-OH is 1. The molecule has 1 aromatic carbocycles. The first-order valence-electron chi connectivity index (χ1n) is 5.55. The molecule has 0 bridgehead atoms. The Morgan fingerprint density at radius 2 is 2.00 bits per heavy atom. The topological polar surface area (TPSA) is 58.0 Å². The highest BCUT2D eigenvalue weighted by atomic mass is 16.3. The molecular weight excluding hydrogens is 214 g/mol. The molecule has 0 fully saturated rings. The van der Waals surface area contributed by atoms with Gasteiger partial charge in [-0.05, 0) is 13.0 Å². The molecule has 1 heterocycles. The highest BCUT2D eigenvalue weighted by Crippen LogP contribution is 2.16. The van der Waals surface area contributed by atoms with Crippen LogP contribution in [0.3, 0.4) is 0 Å². The highest BCUT2D eigenvalue weighted by Gasteiger charge is 2.04. The molecule has 2 N–H and O–H groups in total. The summed E-state index contributed by atoms with van der Waals surface area (Å²) in [5.41, 5.74) is 1.92. The van der Waals surface area contributed by atoms with E-state index in [1.807, 2.05) is 43.3 Å². The molecule has 0 amide bonds. The lowest BCUT2D eigenvalue weighted by atomic mass is 10.1. The molecule has 1 atom stereocenters. The molecule has 2 aromatic rings. The van der Waals surface area contributed by atoms with Crippen LogP contribution in [0, 0.1) is 0 Å². The van der Waals surface area contributed by atoms with E-state index < -0.39 is 0 Å². The van der Waals surface area contributed by atoms with Crippen molar-refractivity contribution >= 4 is 5.95 Å². The maximum atomic E-state index is 8.96. The molecule has 17 heavy (non-hydrogen) atoms. The van der Waals surface area contributed by atoms with E-state index in [1.165, 1.54) is 0 Å². The Morgan fingerprint density at radius 1 is 1.24 bits per heavy atom. The molecule has 0 spiro atoms. The van der Waals surface area contributed by atoms with Gasteiger partial charge in [-0.3, -0.25) is 0 Å². The largest absolute Gasteiger partial charge is 0.394 e. The van der Waals surface area contributed by atoms with Crippen molar-refractivity contribution in [3.05, 3.63) is 42.6 Å². The number of anilines is 1. The lowest BCUT2D eigenvalue weighted by Gasteiger charge is -2.11. The van der Waals surface area contributed by atoms with Crippen molar-refractivity contribution in [3.8, 4) is 11.3 Å². The fourth-order valence-electron chi connectivity index (χ4n) is 1.46. The normalized spacial score (nSPS) is 12.1. The van der Waals surface area contributed by atoms with E-state index >= 15 is 0 Å². The van der Waals surface area contributed by atoms with E-state index in [0.29, 0.717) is 5.95 Å². The van der Waals surface area contributed by atoms with E-state index in [2.05, 4.69) is 15.3 Å². The summed E-state index contributed by atoms with van der Waals surface area (Å²) in [5.74, 6) is 0.535. The minimum absolute atomic E-state index is 0.0545. The molecule has 0 aliphatic carbocycles. The maximum absolute atomic E-state index is 8.96. The molecule has 0 saturated carbocycles. The van der Waals surface area contributed by atoms with Crippen LogP contribution in [0.25, 0.3) is 11.3 Å². The third-order valence-electron chi connectivity index (χ3n) is 2.37. The van der Waals surface area contributed by atoms with Gasteiger partial charge in [0, 0.05) is 17.8 Å². The van der Waals surface area contributed by atoms with Crippen LogP contribution in [0.1, 0.15) is 6.92 Å². The molecule has 0 aliphatic heterocycles. The first-order valence-corrected chi connectivity index (χ1v) is 5.55. The Labute approximate surface area is 100 Å². The molecule has 2 rings (SSSR count). The van der Waals surface area contributed by atoms with Gasteiger partial charge in [0.15, 0.2) is 0 Å². The van der Waals surface area contributed by atoms with E-state index in [4.69, 9.17) is 5.11 Å². The summed E-state index contributed by atoms with van der Waals surface area (Å²) in [6.45, 7) is 1.93. The van der Waals surface area contributed by atoms with Gasteiger partial charge in [0.2, 0.25) is 5.95 Å². The number of aromatic nitrogens is 2. The molecule has 4 nitrogen and oxygen atoms in total. The summed E-state index contributed by atoms with van der Waals surface area (Å²) in [6.07, 6.45) is 1.71. The van der Waals surface area contributed by atoms with Gasteiger partial charge >= 0.3 is 0 Å². The van der Waals surface area contributed by atoms with Crippen LogP contribution >= 0.6 is 0 Å². The van der Waals surface area contributed by atoms with E-state index in [9.17, 15) is 0 Å². The van der Waals surface area contributed by atoms with Gasteiger partial charge in [0.25, 0.3) is 0 Å². The SMILES string of the molecule is CC(CO)Nc1nccc(-c2ccccc2)n1. The van der Waals surface area contributed by atoms with Crippen LogP contribution in [0.15, 0.2) is 42.6 Å². The number of benzene rings is 1. The second-order valence-electron chi connectivity index (χ2n) is 3.86. The third kappa shape index (κ3) is 3.01. The zero-order valence-electron chi connectivity index (χ0n) is 9.67. The molecule has 1 unspecified atom stereocenters. The number of nitrogens with zero attached hydrogens (tertiary/aromatic N) is 2. The lowest BCUT2D eigenvalue weighted by Crippen LogP contribution is -2.20. The molecule has 1 aromatic heterocycles. The minimum atomic E-state index is -0.0546. The molecular formula is C13H15N3O. The minimum Gasteiger partial charge on any atom is -0.394 e. The quantitative estimate of drug-likeness (QED) is 0.841. The predicted molar refractivity (Wildman–Crippen MR) is 67.6 cm³/mol. The fourth-order valence-corrected chi connectivity index (χ4v) is 1.46. The van der Waals surface area contributed by atoms with Crippen LogP contribution in [-0.4, -0.2) is 27.7 Å². The van der Waals surface area contributed by atoms with Crippen molar-refractivity contribution in [2.75, 3.05) is 11.9 Å². The van der Waals surface area contributed by atoms with Crippen molar-refractivity contribution in [3.63, 3.8) is 0 Å². The van der Waals surface area contributed by atoms with Crippen molar-refractivity contribution < 1.29 is 5.11 Å². The summed E-state index contributed by atoms with van der Waals surface area (Å²) >= 11 is 0. The smallest absolute Gasteiger partial charge is 0.223 e. The number of hydrogen-bond donors (Lipinski definition) is 2. The molecule has 0 aliphatic rings. The maximum Gasteiger partial charge on any atom is 0.223 e. The summed E-state index contributed by atoms with van der Waals surface area (Å²) in [4.78, 5) is 8.52. The summed E-state index contributed by atoms with van der Waals surface area (Å²) in [7, 11) is 0. The molecule has 0 radical (unpaired) electrons. The van der Waals surface area contributed by atoms with E-state index in [0.717, 1.165) is 11.3 Å². The first kappa shape index (κ1) is 11.5. The lowest BCUT2D eigenvalue weighted by molar-refractivity contribution is 0.281. The standard InChI is InChI=1S/C13H15N3O/c1-10(9-17)15-13-14-8-7-12(16-13)11-5-3-2-4-6-11/h2-8,10,17H,9H2,1H3,(H,14,15,16). The number of hydrogen-bond acceptors (Lipinski definition) is 4. The van der Waals surface area contributed by atoms with Crippen molar-refractivity contribution in [1.82, 2.24) is 9.97 Å². The Morgan fingerprint density at radius 3 is 2.71 bits per heavy atom. The molecule has 88 valence electrons. The highest BCUT2D eigenvalue weighted by molar-refractivity contribution is 5.59. The second-order valence-corrected chi connectivity index (χ2v) is 3.86. The fraction of sp³-hybridized carbons (Fsp3) is 0.231. The zero-order valence-corrected chi connectivity index (χ0v) is 9.67. The Bertz CT molecular complexity index is 473. The van der Waals surface area contributed by atoms with Crippen LogP contribution in [0.2, 0.25) is 0 Å². The van der Waals surface area contributed by atoms with Crippen LogP contribution in [0.5, 0.6) is 0 Å². The van der Waals surface area contributed by atoms with Gasteiger partial charge in [-0.25, -0.2) is 9.97 Å². The number of rotatable bonds is 4. The van der Waals surface area contributed by atoms with Gasteiger partial charge in [-0.15, -0.1) is 0 Å². The second kappa shape index (κ2) is 5.41. The number of nitrogens with one attached hydrogen (secondary N) is 1. The summed E-state index contributed by atoms with van der Waals surface area (Å²) in [6, 6.07) is 11.7. The van der Waals surface area contributed by atoms with Crippen molar-refractivity contribution in [2.45, 2.75) is 13.0 Å². The van der Waals surface area contributed by atoms with Gasteiger partial charge in [-0.2, -0.15) is 0 Å². The van der Waals surface area contributed by atoms with E-state index in [-0.39, 0.29) is 12.6 Å². The number of aliphatic hydroxyl groups is 1. The Hall–Kier alpha value is -1.94. The van der Waals surface area contributed by atoms with Gasteiger partial charge in [-0.1, -0.05) is 30.3 Å².